The normalized spacial score (nSPS) is 22.6. The van der Waals surface area contributed by atoms with Crippen molar-refractivity contribution in [2.24, 2.45) is 11.8 Å². The van der Waals surface area contributed by atoms with Crippen molar-refractivity contribution >= 4 is 5.97 Å². The molecule has 1 fully saturated rings. The van der Waals surface area contributed by atoms with Gasteiger partial charge < -0.3 is 20.1 Å². The highest BCUT2D eigenvalue weighted by Gasteiger charge is 2.40. The number of allylic oxidation sites excluding steroid dienone is 2. The number of aryl methyl sites for hydroxylation is 1. The number of carbonyl (C=O) groups is 1. The summed E-state index contributed by atoms with van der Waals surface area (Å²) in [6, 6.07) is 10.1. The van der Waals surface area contributed by atoms with Gasteiger partial charge in [-0.2, -0.15) is 0 Å². The van der Waals surface area contributed by atoms with E-state index in [1.807, 2.05) is 30.4 Å². The van der Waals surface area contributed by atoms with Gasteiger partial charge in [-0.25, -0.2) is 4.84 Å². The first-order valence-electron chi connectivity index (χ1n) is 13.3. The Hall–Kier alpha value is -2.29. The van der Waals surface area contributed by atoms with Gasteiger partial charge in [-0.15, -0.1) is 0 Å². The average Bonchev–Trinajstić information content (AvgIpc) is 3.12. The summed E-state index contributed by atoms with van der Waals surface area (Å²) in [5.74, 6) is -0.274. The monoisotopic (exact) mass is 506 g/mol. The Balaban J connectivity index is 1.60. The maximum Gasteiger partial charge on any atom is 0.305 e. The molecule has 3 N–H and O–H groups in total. The van der Waals surface area contributed by atoms with E-state index >= 15 is 0 Å². The topological polar surface area (TPSA) is 116 Å². The van der Waals surface area contributed by atoms with Gasteiger partial charge in [0.15, 0.2) is 6.61 Å². The maximum atomic E-state index is 11.8. The third-order valence-corrected chi connectivity index (χ3v) is 6.87. The Morgan fingerprint density at radius 2 is 1.78 bits per heavy atom. The molecule has 5 atom stereocenters. The molecule has 1 aliphatic rings. The Bertz CT molecular complexity index is 785. The van der Waals surface area contributed by atoms with Crippen LogP contribution in [0.1, 0.15) is 69.8 Å². The minimum Gasteiger partial charge on any atom is -0.466 e. The summed E-state index contributed by atoms with van der Waals surface area (Å²) in [6.45, 7) is 0.635. The van der Waals surface area contributed by atoms with Crippen molar-refractivity contribution in [3.8, 4) is 0 Å². The van der Waals surface area contributed by atoms with Crippen LogP contribution in [0.25, 0.3) is 0 Å². The number of nitrogens with zero attached hydrogens (tertiary/aromatic N) is 1. The zero-order valence-electron chi connectivity index (χ0n) is 21.5. The van der Waals surface area contributed by atoms with Crippen molar-refractivity contribution in [1.29, 1.82) is 0 Å². The van der Waals surface area contributed by atoms with Crippen LogP contribution in [-0.4, -0.2) is 64.8 Å². The molecule has 0 spiro atoms. The highest BCUT2D eigenvalue weighted by Crippen LogP contribution is 2.38. The summed E-state index contributed by atoms with van der Waals surface area (Å²) in [5, 5.41) is 31.3. The second kappa shape index (κ2) is 17.2. The van der Waals surface area contributed by atoms with Crippen LogP contribution >= 0.6 is 0 Å². The molecule has 36 heavy (non-hydrogen) atoms. The van der Waals surface area contributed by atoms with Gasteiger partial charge >= 0.3 is 5.97 Å². The highest BCUT2D eigenvalue weighted by atomic mass is 16.8. The van der Waals surface area contributed by atoms with Gasteiger partial charge in [-0.05, 0) is 81.6 Å². The standard InChI is InChI=1S/C28H44NO7/c1-29(34)36-20-10-9-19-35-28(33)14-8-3-2-7-13-24-25(27(32)21-26(24)31)18-17-23(30)16-15-22-11-5-4-6-12-22/h2,4-7,11-12,23-27,30-32H,3,8-10,13-21H2,1H3/q+1/b7-2-/t23-,24+,25+,26-,27+/m0/s1. The van der Waals surface area contributed by atoms with Crippen molar-refractivity contribution in [3.63, 3.8) is 0 Å². The molecular formula is C28H44NO7+. The fraction of sp³-hybridized carbons (Fsp3) is 0.679. The van der Waals surface area contributed by atoms with Crippen LogP contribution in [0.5, 0.6) is 0 Å². The van der Waals surface area contributed by atoms with E-state index in [1.54, 1.807) is 0 Å². The van der Waals surface area contributed by atoms with Gasteiger partial charge in [0.1, 0.15) is 0 Å². The molecule has 8 heteroatoms. The van der Waals surface area contributed by atoms with E-state index in [0.29, 0.717) is 75.9 Å². The lowest BCUT2D eigenvalue weighted by molar-refractivity contribution is -0.784. The predicted octanol–water partition coefficient (Wildman–Crippen LogP) is 3.90. The second-order valence-corrected chi connectivity index (χ2v) is 9.75. The number of aliphatic hydroxyl groups excluding tert-OH is 3. The second-order valence-electron chi connectivity index (χ2n) is 9.75. The zero-order chi connectivity index (χ0) is 26.2. The Labute approximate surface area is 214 Å². The van der Waals surface area contributed by atoms with E-state index in [4.69, 9.17) is 9.57 Å². The van der Waals surface area contributed by atoms with E-state index in [9.17, 15) is 25.0 Å². The van der Waals surface area contributed by atoms with Crippen LogP contribution in [0, 0.1) is 16.7 Å². The molecule has 0 heterocycles. The van der Waals surface area contributed by atoms with Crippen LogP contribution < -0.4 is 0 Å². The van der Waals surface area contributed by atoms with Crippen molar-refractivity contribution in [2.45, 2.75) is 88.9 Å². The molecule has 0 saturated heterocycles. The molecule has 0 aliphatic heterocycles. The van der Waals surface area contributed by atoms with Gasteiger partial charge in [-0.1, -0.05) is 42.5 Å². The van der Waals surface area contributed by atoms with Crippen LogP contribution in [0.4, 0.5) is 0 Å². The van der Waals surface area contributed by atoms with Crippen molar-refractivity contribution in [2.75, 3.05) is 20.3 Å². The van der Waals surface area contributed by atoms with Crippen LogP contribution in [0.2, 0.25) is 0 Å². The van der Waals surface area contributed by atoms with E-state index in [2.05, 4.69) is 12.1 Å². The lowest BCUT2D eigenvalue weighted by atomic mass is 9.85. The third kappa shape index (κ3) is 12.1. The van der Waals surface area contributed by atoms with Gasteiger partial charge in [-0.3, -0.25) is 4.79 Å². The summed E-state index contributed by atoms with van der Waals surface area (Å²) >= 11 is 0. The summed E-state index contributed by atoms with van der Waals surface area (Å²) in [5.41, 5.74) is 1.21. The number of benzene rings is 1. The molecule has 1 aromatic rings. The lowest BCUT2D eigenvalue weighted by Crippen LogP contribution is -2.23. The number of hydrogen-bond acceptors (Lipinski definition) is 7. The van der Waals surface area contributed by atoms with Gasteiger partial charge in [0.05, 0.1) is 29.8 Å². The minimum absolute atomic E-state index is 0.0204. The molecule has 2 rings (SSSR count). The molecule has 202 valence electrons. The molecule has 1 saturated carbocycles. The number of carbonyl (C=O) groups excluding carboxylic acids is 1. The largest absolute Gasteiger partial charge is 0.466 e. The quantitative estimate of drug-likeness (QED) is 0.120. The fourth-order valence-electron chi connectivity index (χ4n) is 4.80. The van der Waals surface area contributed by atoms with Gasteiger partial charge in [0.25, 0.3) is 0 Å². The number of ether oxygens (including phenoxy) is 1. The molecule has 1 aliphatic carbocycles. The van der Waals surface area contributed by atoms with Gasteiger partial charge in [0.2, 0.25) is 12.0 Å². The van der Waals surface area contributed by atoms with Crippen LogP contribution in [0.15, 0.2) is 42.5 Å². The van der Waals surface area contributed by atoms with Crippen molar-refractivity contribution < 1.29 is 34.6 Å². The zero-order valence-corrected chi connectivity index (χ0v) is 21.5. The molecule has 8 nitrogen and oxygen atoms in total. The first-order valence-corrected chi connectivity index (χ1v) is 13.3. The summed E-state index contributed by atoms with van der Waals surface area (Å²) in [7, 11) is 1.28. The van der Waals surface area contributed by atoms with Crippen molar-refractivity contribution in [3.05, 3.63) is 53.0 Å². The first kappa shape index (κ1) is 29.9. The SMILES string of the molecule is C[N+](=O)OCCCCOC(=O)CCC/C=C\C[C@@H]1[C@@H](CC[C@@H](O)CCc2ccccc2)[C@H](O)C[C@@H]1O. The molecule has 0 bridgehead atoms. The van der Waals surface area contributed by atoms with E-state index in [0.717, 1.165) is 12.8 Å². The summed E-state index contributed by atoms with van der Waals surface area (Å²) < 4.78 is 5.17. The molecular weight excluding hydrogens is 462 g/mol. The molecule has 0 unspecified atom stereocenters. The van der Waals surface area contributed by atoms with Crippen LogP contribution in [0.3, 0.4) is 0 Å². The maximum absolute atomic E-state index is 11.8. The third-order valence-electron chi connectivity index (χ3n) is 6.87. The smallest absolute Gasteiger partial charge is 0.305 e. The van der Waals surface area contributed by atoms with E-state index in [-0.39, 0.29) is 17.8 Å². The Kier molecular flexibility index (Phi) is 14.3. The number of unbranched alkanes of at least 4 members (excludes halogenated alkanes) is 2. The number of aliphatic hydroxyl groups is 3. The van der Waals surface area contributed by atoms with Gasteiger partial charge in [0, 0.05) is 6.42 Å². The molecule has 0 radical (unpaired) electrons. The number of hydrogen-bond donors (Lipinski definition) is 3. The van der Waals surface area contributed by atoms with E-state index in [1.165, 1.54) is 12.6 Å². The lowest BCUT2D eigenvalue weighted by Gasteiger charge is -2.23. The van der Waals surface area contributed by atoms with E-state index < -0.39 is 18.3 Å². The summed E-state index contributed by atoms with van der Waals surface area (Å²) in [4.78, 5) is 27.5. The van der Waals surface area contributed by atoms with Crippen LogP contribution in [-0.2, 0) is 20.8 Å². The highest BCUT2D eigenvalue weighted by molar-refractivity contribution is 5.69. The van der Waals surface area contributed by atoms with Crippen molar-refractivity contribution in [1.82, 2.24) is 0 Å². The minimum atomic E-state index is -0.540. The molecule has 0 amide bonds. The molecule has 0 aromatic heterocycles. The fourth-order valence-corrected chi connectivity index (χ4v) is 4.80. The number of esters is 1. The molecule has 1 aromatic carbocycles. The summed E-state index contributed by atoms with van der Waals surface area (Å²) in [6.07, 6.45) is 9.52. The first-order chi connectivity index (χ1) is 17.4. The number of rotatable bonds is 18. The average molecular weight is 507 g/mol. The Morgan fingerprint density at radius 3 is 2.53 bits per heavy atom. The predicted molar refractivity (Wildman–Crippen MR) is 137 cm³/mol. The Morgan fingerprint density at radius 1 is 1.06 bits per heavy atom.